The number of hydrogen-bond donors (Lipinski definition) is 2. The zero-order valence-electron chi connectivity index (χ0n) is 14.7. The SMILES string of the molecule is O=C(Nc1ccc(-n2c(O)c3n(c2=S)CCCC3)c(Cl)c1)c1ncccc1F. The van der Waals surface area contributed by atoms with Crippen LogP contribution in [0.15, 0.2) is 36.5 Å². The van der Waals surface area contributed by atoms with Gasteiger partial charge in [0, 0.05) is 18.4 Å². The van der Waals surface area contributed by atoms with Crippen LogP contribution in [0.4, 0.5) is 10.1 Å². The Morgan fingerprint density at radius 3 is 2.86 bits per heavy atom. The lowest BCUT2D eigenvalue weighted by Gasteiger charge is -2.12. The van der Waals surface area contributed by atoms with Gasteiger partial charge in [0.05, 0.1) is 16.4 Å². The summed E-state index contributed by atoms with van der Waals surface area (Å²) in [6.07, 6.45) is 4.10. The van der Waals surface area contributed by atoms with E-state index in [1.54, 1.807) is 12.1 Å². The predicted octanol–water partition coefficient (Wildman–Crippen LogP) is 4.49. The molecule has 0 fully saturated rings. The van der Waals surface area contributed by atoms with Crippen molar-refractivity contribution in [3.8, 4) is 11.6 Å². The predicted molar refractivity (Wildman–Crippen MR) is 106 cm³/mol. The van der Waals surface area contributed by atoms with Gasteiger partial charge in [-0.15, -0.1) is 0 Å². The fourth-order valence-electron chi connectivity index (χ4n) is 3.34. The first-order valence-electron chi connectivity index (χ1n) is 8.72. The van der Waals surface area contributed by atoms with Gasteiger partial charge in [-0.25, -0.2) is 9.37 Å². The third-order valence-electron chi connectivity index (χ3n) is 4.68. The summed E-state index contributed by atoms with van der Waals surface area (Å²) in [5.74, 6) is -1.31. The monoisotopic (exact) mass is 418 g/mol. The number of anilines is 1. The lowest BCUT2D eigenvalue weighted by Crippen LogP contribution is -2.15. The Morgan fingerprint density at radius 1 is 1.32 bits per heavy atom. The van der Waals surface area contributed by atoms with E-state index < -0.39 is 11.7 Å². The number of carbonyl (C=O) groups is 1. The minimum atomic E-state index is -0.710. The summed E-state index contributed by atoms with van der Waals surface area (Å²) in [5.41, 5.74) is 1.38. The fourth-order valence-corrected chi connectivity index (χ4v) is 3.99. The number of hydrogen-bond acceptors (Lipinski definition) is 4. The van der Waals surface area contributed by atoms with Gasteiger partial charge in [0.25, 0.3) is 5.91 Å². The molecule has 0 unspecified atom stereocenters. The highest BCUT2D eigenvalue weighted by molar-refractivity contribution is 7.71. The van der Waals surface area contributed by atoms with Crippen LogP contribution < -0.4 is 5.32 Å². The van der Waals surface area contributed by atoms with Crippen molar-refractivity contribution in [2.24, 2.45) is 0 Å². The van der Waals surface area contributed by atoms with Crippen LogP contribution >= 0.6 is 23.8 Å². The molecule has 0 spiro atoms. The van der Waals surface area contributed by atoms with E-state index in [1.807, 2.05) is 4.57 Å². The van der Waals surface area contributed by atoms with Crippen LogP contribution in [0.5, 0.6) is 5.88 Å². The average Bonchev–Trinajstić information content (AvgIpc) is 2.93. The maximum Gasteiger partial charge on any atom is 0.277 e. The van der Waals surface area contributed by atoms with Gasteiger partial charge < -0.3 is 15.0 Å². The van der Waals surface area contributed by atoms with Crippen molar-refractivity contribution in [3.63, 3.8) is 0 Å². The quantitative estimate of drug-likeness (QED) is 0.615. The molecule has 1 aliphatic heterocycles. The third kappa shape index (κ3) is 3.18. The molecule has 0 radical (unpaired) electrons. The molecule has 144 valence electrons. The Balaban J connectivity index is 1.66. The number of nitrogens with one attached hydrogen (secondary N) is 1. The van der Waals surface area contributed by atoms with Crippen molar-refractivity contribution < 1.29 is 14.3 Å². The van der Waals surface area contributed by atoms with Gasteiger partial charge >= 0.3 is 0 Å². The number of aromatic hydroxyl groups is 1. The number of amides is 1. The molecule has 4 rings (SSSR count). The number of aromatic nitrogens is 3. The molecule has 1 amide bonds. The zero-order chi connectivity index (χ0) is 19.8. The van der Waals surface area contributed by atoms with Gasteiger partial charge in [0.2, 0.25) is 5.88 Å². The standard InChI is InChI=1S/C19H16ClFN4O2S/c20-12-10-11(23-17(26)16-13(21)4-3-8-22-16)6-7-14(12)25-18(27)15-5-1-2-9-24(15)19(25)28/h3-4,6-8,10,27H,1-2,5,9H2,(H,23,26). The average molecular weight is 419 g/mol. The molecular weight excluding hydrogens is 403 g/mol. The van der Waals surface area contributed by atoms with Crippen molar-refractivity contribution in [2.45, 2.75) is 25.8 Å². The van der Waals surface area contributed by atoms with E-state index in [4.69, 9.17) is 23.8 Å². The minimum Gasteiger partial charge on any atom is -0.493 e. The van der Waals surface area contributed by atoms with Crippen LogP contribution in [0.3, 0.4) is 0 Å². The van der Waals surface area contributed by atoms with E-state index in [2.05, 4.69) is 10.3 Å². The van der Waals surface area contributed by atoms with E-state index in [9.17, 15) is 14.3 Å². The van der Waals surface area contributed by atoms with Crippen molar-refractivity contribution in [1.29, 1.82) is 0 Å². The summed E-state index contributed by atoms with van der Waals surface area (Å²) in [6, 6.07) is 7.35. The van der Waals surface area contributed by atoms with Gasteiger partial charge in [-0.3, -0.25) is 9.36 Å². The van der Waals surface area contributed by atoms with E-state index >= 15 is 0 Å². The van der Waals surface area contributed by atoms with Crippen LogP contribution in [0.1, 0.15) is 29.0 Å². The van der Waals surface area contributed by atoms with Crippen LogP contribution in [0, 0.1) is 10.6 Å². The Labute approximate surface area is 170 Å². The maximum absolute atomic E-state index is 13.7. The Bertz CT molecular complexity index is 1140. The van der Waals surface area contributed by atoms with Gasteiger partial charge in [-0.1, -0.05) is 11.6 Å². The second-order valence-corrected chi connectivity index (χ2v) is 7.22. The maximum atomic E-state index is 13.7. The number of fused-ring (bicyclic) bond motifs is 1. The minimum absolute atomic E-state index is 0.0824. The molecule has 0 atom stereocenters. The van der Waals surface area contributed by atoms with Crippen LogP contribution in [0.25, 0.3) is 5.69 Å². The first kappa shape index (κ1) is 18.6. The molecule has 0 saturated heterocycles. The van der Waals surface area contributed by atoms with E-state index in [-0.39, 0.29) is 16.6 Å². The number of halogens is 2. The first-order chi connectivity index (χ1) is 13.5. The van der Waals surface area contributed by atoms with Crippen molar-refractivity contribution in [3.05, 3.63) is 63.5 Å². The summed E-state index contributed by atoms with van der Waals surface area (Å²) in [6.45, 7) is 0.760. The van der Waals surface area contributed by atoms with Crippen molar-refractivity contribution >= 4 is 35.4 Å². The molecule has 9 heteroatoms. The summed E-state index contributed by atoms with van der Waals surface area (Å²) in [7, 11) is 0. The van der Waals surface area contributed by atoms with Gasteiger partial charge in [0.15, 0.2) is 16.3 Å². The second kappa shape index (κ2) is 7.37. The fraction of sp³-hybridized carbons (Fsp3) is 0.211. The molecule has 1 aromatic carbocycles. The zero-order valence-corrected chi connectivity index (χ0v) is 16.2. The highest BCUT2D eigenvalue weighted by Gasteiger charge is 2.22. The highest BCUT2D eigenvalue weighted by atomic mass is 35.5. The second-order valence-electron chi connectivity index (χ2n) is 6.45. The molecule has 28 heavy (non-hydrogen) atoms. The number of pyridine rings is 1. The lowest BCUT2D eigenvalue weighted by atomic mass is 10.1. The molecule has 1 aliphatic rings. The summed E-state index contributed by atoms with van der Waals surface area (Å²) in [5, 5.41) is 13.5. The molecule has 3 aromatic rings. The van der Waals surface area contributed by atoms with Gasteiger partial charge in [-0.05, 0) is 61.8 Å². The summed E-state index contributed by atoms with van der Waals surface area (Å²) in [4.78, 5) is 16.0. The molecule has 2 aromatic heterocycles. The molecule has 0 saturated carbocycles. The Hall–Kier alpha value is -2.71. The molecule has 0 aliphatic carbocycles. The largest absolute Gasteiger partial charge is 0.493 e. The number of benzene rings is 1. The number of rotatable bonds is 3. The molecule has 0 bridgehead atoms. The van der Waals surface area contributed by atoms with E-state index in [1.165, 1.54) is 22.9 Å². The summed E-state index contributed by atoms with van der Waals surface area (Å²) < 4.78 is 17.6. The Morgan fingerprint density at radius 2 is 2.14 bits per heavy atom. The molecule has 3 heterocycles. The van der Waals surface area contributed by atoms with Gasteiger partial charge in [0.1, 0.15) is 0 Å². The van der Waals surface area contributed by atoms with E-state index in [0.29, 0.717) is 16.1 Å². The van der Waals surface area contributed by atoms with Crippen LogP contribution in [-0.2, 0) is 13.0 Å². The highest BCUT2D eigenvalue weighted by Crippen LogP contribution is 2.33. The van der Waals surface area contributed by atoms with E-state index in [0.717, 1.165) is 37.6 Å². The number of carbonyl (C=O) groups excluding carboxylic acids is 1. The van der Waals surface area contributed by atoms with Crippen molar-refractivity contribution in [2.75, 3.05) is 5.32 Å². The number of nitrogens with zero attached hydrogens (tertiary/aromatic N) is 3. The number of imidazole rings is 1. The van der Waals surface area contributed by atoms with Crippen LogP contribution in [-0.4, -0.2) is 25.1 Å². The smallest absolute Gasteiger partial charge is 0.277 e. The van der Waals surface area contributed by atoms with Crippen LogP contribution in [0.2, 0.25) is 5.02 Å². The summed E-state index contributed by atoms with van der Waals surface area (Å²) >= 11 is 11.9. The molecular formula is C19H16ClFN4O2S. The Kier molecular flexibility index (Phi) is 4.91. The first-order valence-corrected chi connectivity index (χ1v) is 9.51. The lowest BCUT2D eigenvalue weighted by molar-refractivity contribution is 0.101. The third-order valence-corrected chi connectivity index (χ3v) is 5.39. The topological polar surface area (TPSA) is 72.1 Å². The van der Waals surface area contributed by atoms with Gasteiger partial charge in [-0.2, -0.15) is 0 Å². The normalized spacial score (nSPS) is 13.2. The molecule has 6 nitrogen and oxygen atoms in total. The molecule has 2 N–H and O–H groups in total. The van der Waals surface area contributed by atoms with Crippen molar-refractivity contribution in [1.82, 2.24) is 14.1 Å².